The number of aromatic nitrogens is 1. The second kappa shape index (κ2) is 19.2. The van der Waals surface area contributed by atoms with Crippen LogP contribution in [-0.4, -0.2) is 13.0 Å². The molecule has 0 radical (unpaired) electrons. The van der Waals surface area contributed by atoms with Crippen molar-refractivity contribution in [1.29, 1.82) is 0 Å². The summed E-state index contributed by atoms with van der Waals surface area (Å²) in [6.07, 6.45) is 24.0. The van der Waals surface area contributed by atoms with E-state index in [1.54, 1.807) is 12.1 Å². The van der Waals surface area contributed by atoms with Crippen molar-refractivity contribution in [2.24, 2.45) is 0 Å². The standard InChI is InChI=1S/C23H40N.C7H8O3S/c1-3-5-6-7-8-9-10-11-12-13-14-15-16-18-21-24-22-19-17-20-23(24)4-2;1-6-2-4-7(5-3-6)11(8,9)10/h4,17,19-20,22H,2-3,5-16,18,21H2,1H3;2-5H,1H3,(H,8,9,10)/q+1;/p-1. The highest BCUT2D eigenvalue weighted by Gasteiger charge is 2.04. The molecule has 0 aliphatic carbocycles. The van der Waals surface area contributed by atoms with Crippen molar-refractivity contribution in [1.82, 2.24) is 0 Å². The van der Waals surface area contributed by atoms with Crippen LogP contribution in [0.1, 0.15) is 108 Å². The first-order valence-electron chi connectivity index (χ1n) is 13.5. The average Bonchev–Trinajstić information content (AvgIpc) is 2.84. The highest BCUT2D eigenvalue weighted by Crippen LogP contribution is 2.13. The monoisotopic (exact) mass is 501 g/mol. The molecule has 0 bridgehead atoms. The predicted molar refractivity (Wildman–Crippen MR) is 146 cm³/mol. The molecular weight excluding hydrogens is 454 g/mol. The minimum absolute atomic E-state index is 0.178. The fraction of sp³-hybridized carbons (Fsp3) is 0.567. The molecule has 0 atom stereocenters. The zero-order valence-corrected chi connectivity index (χ0v) is 22.9. The normalized spacial score (nSPS) is 11.1. The fourth-order valence-electron chi connectivity index (χ4n) is 4.06. The number of unbranched alkanes of at least 4 members (excludes halogenated alkanes) is 13. The van der Waals surface area contributed by atoms with Crippen molar-refractivity contribution in [2.75, 3.05) is 0 Å². The Hall–Kier alpha value is -1.98. The Morgan fingerprint density at radius 3 is 1.71 bits per heavy atom. The van der Waals surface area contributed by atoms with Crippen molar-refractivity contribution in [2.45, 2.75) is 115 Å². The largest absolute Gasteiger partial charge is 0.744 e. The van der Waals surface area contributed by atoms with Crippen molar-refractivity contribution >= 4 is 16.2 Å². The van der Waals surface area contributed by atoms with Gasteiger partial charge in [0, 0.05) is 24.6 Å². The summed E-state index contributed by atoms with van der Waals surface area (Å²) in [5.74, 6) is 0. The molecular formula is C30H47NO3S. The molecule has 0 spiro atoms. The Morgan fingerprint density at radius 2 is 1.26 bits per heavy atom. The topological polar surface area (TPSA) is 61.1 Å². The van der Waals surface area contributed by atoms with E-state index in [1.807, 2.05) is 13.0 Å². The summed E-state index contributed by atoms with van der Waals surface area (Å²) in [6.45, 7) is 9.13. The lowest BCUT2D eigenvalue weighted by atomic mass is 10.0. The van der Waals surface area contributed by atoms with Gasteiger partial charge in [-0.2, -0.15) is 4.57 Å². The minimum Gasteiger partial charge on any atom is -0.744 e. The van der Waals surface area contributed by atoms with E-state index >= 15 is 0 Å². The van der Waals surface area contributed by atoms with Crippen LogP contribution in [0.25, 0.3) is 6.08 Å². The Morgan fingerprint density at radius 1 is 0.771 bits per heavy atom. The molecule has 0 saturated carbocycles. The molecule has 0 aliphatic rings. The summed E-state index contributed by atoms with van der Waals surface area (Å²) in [5, 5.41) is 0. The summed E-state index contributed by atoms with van der Waals surface area (Å²) < 4.78 is 33.5. The Balaban J connectivity index is 0.000000462. The van der Waals surface area contributed by atoms with E-state index in [-0.39, 0.29) is 4.90 Å². The van der Waals surface area contributed by atoms with Crippen LogP contribution in [0.3, 0.4) is 0 Å². The van der Waals surface area contributed by atoms with Gasteiger partial charge in [-0.1, -0.05) is 108 Å². The van der Waals surface area contributed by atoms with Gasteiger partial charge in [-0.05, 0) is 31.5 Å². The van der Waals surface area contributed by atoms with Crippen molar-refractivity contribution in [3.8, 4) is 0 Å². The number of aryl methyl sites for hydroxylation is 2. The maximum atomic E-state index is 10.4. The molecule has 2 aromatic rings. The van der Waals surface area contributed by atoms with E-state index in [4.69, 9.17) is 0 Å². The summed E-state index contributed by atoms with van der Waals surface area (Å²) in [7, 11) is -4.27. The van der Waals surface area contributed by atoms with E-state index in [0.717, 1.165) is 12.1 Å². The fourth-order valence-corrected chi connectivity index (χ4v) is 4.53. The maximum absolute atomic E-state index is 10.4. The molecule has 2 rings (SSSR count). The summed E-state index contributed by atoms with van der Waals surface area (Å²) >= 11 is 0. The second-order valence-corrected chi connectivity index (χ2v) is 10.8. The highest BCUT2D eigenvalue weighted by atomic mass is 32.2. The van der Waals surface area contributed by atoms with Gasteiger partial charge < -0.3 is 4.55 Å². The van der Waals surface area contributed by atoms with Gasteiger partial charge in [0.2, 0.25) is 5.69 Å². The van der Waals surface area contributed by atoms with E-state index in [9.17, 15) is 13.0 Å². The number of rotatable bonds is 17. The van der Waals surface area contributed by atoms with Crippen LogP contribution in [0, 0.1) is 6.92 Å². The van der Waals surface area contributed by atoms with Gasteiger partial charge in [0.25, 0.3) is 0 Å². The van der Waals surface area contributed by atoms with Crippen LogP contribution in [-0.2, 0) is 16.7 Å². The Kier molecular flexibility index (Phi) is 17.1. The minimum atomic E-state index is -4.27. The molecule has 4 nitrogen and oxygen atoms in total. The molecule has 35 heavy (non-hydrogen) atoms. The third-order valence-electron chi connectivity index (χ3n) is 6.25. The SMILES string of the molecule is C=Cc1cccc[n+]1CCCCCCCCCCCCCCCC.Cc1ccc(S(=O)(=O)[O-])cc1. The third-order valence-corrected chi connectivity index (χ3v) is 7.10. The van der Waals surface area contributed by atoms with Gasteiger partial charge in [-0.15, -0.1) is 0 Å². The number of hydrogen-bond acceptors (Lipinski definition) is 3. The molecule has 0 saturated heterocycles. The zero-order valence-electron chi connectivity index (χ0n) is 22.1. The first-order chi connectivity index (χ1) is 16.9. The number of benzene rings is 1. The van der Waals surface area contributed by atoms with Gasteiger partial charge >= 0.3 is 0 Å². The lowest BCUT2D eigenvalue weighted by Gasteiger charge is -2.05. The number of hydrogen-bond donors (Lipinski definition) is 0. The van der Waals surface area contributed by atoms with Gasteiger partial charge in [0.1, 0.15) is 16.7 Å². The van der Waals surface area contributed by atoms with Crippen molar-refractivity contribution in [3.05, 3.63) is 66.5 Å². The van der Waals surface area contributed by atoms with Gasteiger partial charge in [-0.25, -0.2) is 8.42 Å². The quantitative estimate of drug-likeness (QED) is 0.125. The summed E-state index contributed by atoms with van der Waals surface area (Å²) in [4.78, 5) is -0.178. The molecule has 0 fully saturated rings. The van der Waals surface area contributed by atoms with Crippen LogP contribution in [0.5, 0.6) is 0 Å². The lowest BCUT2D eigenvalue weighted by Crippen LogP contribution is -2.36. The first-order valence-corrected chi connectivity index (χ1v) is 14.9. The van der Waals surface area contributed by atoms with Gasteiger partial charge in [-0.3, -0.25) is 0 Å². The molecule has 5 heteroatoms. The molecule has 0 N–H and O–H groups in total. The smallest absolute Gasteiger partial charge is 0.204 e. The van der Waals surface area contributed by atoms with Gasteiger partial charge in [0.05, 0.1) is 4.90 Å². The third kappa shape index (κ3) is 15.6. The predicted octanol–water partition coefficient (Wildman–Crippen LogP) is 8.00. The molecule has 1 aromatic carbocycles. The molecule has 0 aliphatic heterocycles. The van der Waals surface area contributed by atoms with E-state index in [1.165, 1.54) is 108 Å². The number of nitrogens with zero attached hydrogens (tertiary/aromatic N) is 1. The van der Waals surface area contributed by atoms with E-state index in [2.05, 4.69) is 42.5 Å². The highest BCUT2D eigenvalue weighted by molar-refractivity contribution is 7.85. The van der Waals surface area contributed by atoms with Gasteiger partial charge in [0.15, 0.2) is 6.20 Å². The van der Waals surface area contributed by atoms with Crippen molar-refractivity contribution in [3.63, 3.8) is 0 Å². The Labute approximate surface area is 215 Å². The van der Waals surface area contributed by atoms with E-state index < -0.39 is 10.1 Å². The summed E-state index contributed by atoms with van der Waals surface area (Å²) in [5.41, 5.74) is 2.16. The first kappa shape index (κ1) is 31.1. The second-order valence-electron chi connectivity index (χ2n) is 9.39. The molecule has 1 aromatic heterocycles. The van der Waals surface area contributed by atoms with Crippen molar-refractivity contribution < 1.29 is 17.5 Å². The van der Waals surface area contributed by atoms with Crippen LogP contribution in [0.4, 0.5) is 0 Å². The average molecular weight is 502 g/mol. The number of pyridine rings is 1. The van der Waals surface area contributed by atoms with Crippen LogP contribution in [0.15, 0.2) is 60.1 Å². The zero-order chi connectivity index (χ0) is 25.8. The molecule has 1 heterocycles. The van der Waals surface area contributed by atoms with Crippen LogP contribution >= 0.6 is 0 Å². The molecule has 0 unspecified atom stereocenters. The van der Waals surface area contributed by atoms with E-state index in [0.29, 0.717) is 0 Å². The van der Waals surface area contributed by atoms with Crippen LogP contribution < -0.4 is 4.57 Å². The summed E-state index contributed by atoms with van der Waals surface area (Å²) in [6, 6.07) is 12.1. The Bertz CT molecular complexity index is 907. The lowest BCUT2D eigenvalue weighted by molar-refractivity contribution is -0.699. The molecule has 196 valence electrons. The maximum Gasteiger partial charge on any atom is 0.204 e. The van der Waals surface area contributed by atoms with Crippen LogP contribution in [0.2, 0.25) is 0 Å². The molecule has 0 amide bonds.